The molecule has 0 heterocycles. The van der Waals surface area contributed by atoms with E-state index in [0.29, 0.717) is 0 Å². The molecule has 4 rings (SSSR count). The van der Waals surface area contributed by atoms with Crippen LogP contribution in [-0.4, -0.2) is 26.2 Å². The number of carbonyl (C=O) groups is 2. The Kier molecular flexibility index (Phi) is 6.31. The summed E-state index contributed by atoms with van der Waals surface area (Å²) in [4.78, 5) is 23.3. The van der Waals surface area contributed by atoms with Gasteiger partial charge in [0, 0.05) is 0 Å². The van der Waals surface area contributed by atoms with Crippen molar-refractivity contribution in [2.75, 3.05) is 14.2 Å². The number of hydrogen-bond acceptors (Lipinski definition) is 4. The van der Waals surface area contributed by atoms with E-state index in [1.54, 1.807) is 0 Å². The number of esters is 2. The highest BCUT2D eigenvalue weighted by Crippen LogP contribution is 2.29. The quantitative estimate of drug-likeness (QED) is 0.378. The van der Waals surface area contributed by atoms with Crippen molar-refractivity contribution in [1.29, 1.82) is 0 Å². The highest BCUT2D eigenvalue weighted by atomic mass is 16.5. The fourth-order valence-corrected chi connectivity index (χ4v) is 3.81. The van der Waals surface area contributed by atoms with E-state index in [0.717, 1.165) is 44.2 Å². The Hall–Kier alpha value is -3.92. The van der Waals surface area contributed by atoms with Crippen LogP contribution in [-0.2, 0) is 31.9 Å². The molecule has 0 bridgehead atoms. The Morgan fingerprint density at radius 3 is 1.44 bits per heavy atom. The van der Waals surface area contributed by atoms with E-state index >= 15 is 0 Å². The van der Waals surface area contributed by atoms with Gasteiger partial charge in [-0.25, -0.2) is 0 Å². The van der Waals surface area contributed by atoms with Crippen LogP contribution in [0.5, 0.6) is 0 Å². The number of methoxy groups -OCH3 is 2. The Morgan fingerprint density at radius 2 is 1.00 bits per heavy atom. The lowest BCUT2D eigenvalue weighted by Gasteiger charge is -2.09. The molecule has 0 aromatic heterocycles. The molecule has 0 N–H and O–H groups in total. The van der Waals surface area contributed by atoms with Crippen LogP contribution >= 0.6 is 0 Å². The summed E-state index contributed by atoms with van der Waals surface area (Å²) in [7, 11) is 2.80. The van der Waals surface area contributed by atoms with Crippen LogP contribution in [0.25, 0.3) is 33.0 Å². The van der Waals surface area contributed by atoms with Gasteiger partial charge in [-0.3, -0.25) is 9.59 Å². The molecule has 0 fully saturated rings. The number of hydrogen-bond donors (Lipinski definition) is 0. The SMILES string of the molecule is COC(=O)Cc1cccc(-c2ccc3ccc(-c4cccc(CC(=O)OC)c4)cc3c2)c1. The van der Waals surface area contributed by atoms with Crippen molar-refractivity contribution >= 4 is 22.7 Å². The van der Waals surface area contributed by atoms with Crippen LogP contribution in [0, 0.1) is 0 Å². The molecule has 0 aliphatic heterocycles. The Balaban J connectivity index is 1.67. The summed E-state index contributed by atoms with van der Waals surface area (Å²) >= 11 is 0. The largest absolute Gasteiger partial charge is 0.469 e. The zero-order valence-electron chi connectivity index (χ0n) is 18.1. The van der Waals surface area contributed by atoms with E-state index in [2.05, 4.69) is 36.4 Å². The topological polar surface area (TPSA) is 52.6 Å². The van der Waals surface area contributed by atoms with Crippen LogP contribution in [0.3, 0.4) is 0 Å². The van der Waals surface area contributed by atoms with E-state index < -0.39 is 0 Å². The molecule has 0 atom stereocenters. The summed E-state index contributed by atoms with van der Waals surface area (Å²) in [6.45, 7) is 0. The average molecular weight is 424 g/mol. The van der Waals surface area contributed by atoms with Gasteiger partial charge < -0.3 is 9.47 Å². The molecule has 0 radical (unpaired) electrons. The first-order chi connectivity index (χ1) is 15.6. The second kappa shape index (κ2) is 9.48. The first-order valence-corrected chi connectivity index (χ1v) is 10.4. The van der Waals surface area contributed by atoms with Gasteiger partial charge in [-0.1, -0.05) is 72.8 Å². The molecule has 0 saturated heterocycles. The van der Waals surface area contributed by atoms with E-state index in [1.807, 2.05) is 48.5 Å². The van der Waals surface area contributed by atoms with E-state index in [1.165, 1.54) is 14.2 Å². The molecule has 4 nitrogen and oxygen atoms in total. The van der Waals surface area contributed by atoms with Crippen LogP contribution in [0.15, 0.2) is 84.9 Å². The van der Waals surface area contributed by atoms with E-state index in [-0.39, 0.29) is 24.8 Å². The highest BCUT2D eigenvalue weighted by Gasteiger charge is 2.08. The third-order valence-electron chi connectivity index (χ3n) is 5.51. The molecule has 0 amide bonds. The maximum atomic E-state index is 11.6. The maximum Gasteiger partial charge on any atom is 0.309 e. The summed E-state index contributed by atoms with van der Waals surface area (Å²) in [5.74, 6) is -0.500. The van der Waals surface area contributed by atoms with Crippen molar-refractivity contribution in [3.63, 3.8) is 0 Å². The molecule has 160 valence electrons. The lowest BCUT2D eigenvalue weighted by Crippen LogP contribution is -2.04. The summed E-state index contributed by atoms with van der Waals surface area (Å²) in [6.07, 6.45) is 0.508. The molecule has 4 aromatic rings. The molecule has 0 spiro atoms. The van der Waals surface area contributed by atoms with Crippen molar-refractivity contribution in [1.82, 2.24) is 0 Å². The summed E-state index contributed by atoms with van der Waals surface area (Å²) in [5.41, 5.74) is 6.12. The highest BCUT2D eigenvalue weighted by molar-refractivity contribution is 5.91. The molecule has 0 saturated carbocycles. The van der Waals surface area contributed by atoms with E-state index in [4.69, 9.17) is 9.47 Å². The van der Waals surface area contributed by atoms with Gasteiger partial charge >= 0.3 is 11.9 Å². The molecule has 4 heteroatoms. The van der Waals surface area contributed by atoms with Gasteiger partial charge in [-0.15, -0.1) is 0 Å². The van der Waals surface area contributed by atoms with Gasteiger partial charge in [-0.2, -0.15) is 0 Å². The molecule has 4 aromatic carbocycles. The number of carbonyl (C=O) groups excluding carboxylic acids is 2. The first-order valence-electron chi connectivity index (χ1n) is 10.4. The molecule has 32 heavy (non-hydrogen) atoms. The predicted octanol–water partition coefficient (Wildman–Crippen LogP) is 5.60. The van der Waals surface area contributed by atoms with Crippen molar-refractivity contribution in [2.45, 2.75) is 12.8 Å². The maximum absolute atomic E-state index is 11.6. The van der Waals surface area contributed by atoms with Crippen LogP contribution < -0.4 is 0 Å². The van der Waals surface area contributed by atoms with Gasteiger partial charge in [0.1, 0.15) is 0 Å². The Morgan fingerprint density at radius 1 is 0.562 bits per heavy atom. The molecular formula is C28H24O4. The van der Waals surface area contributed by atoms with Gasteiger partial charge in [-0.05, 0) is 56.3 Å². The Labute approximate surface area is 187 Å². The minimum atomic E-state index is -0.250. The van der Waals surface area contributed by atoms with Gasteiger partial charge in [0.15, 0.2) is 0 Å². The van der Waals surface area contributed by atoms with E-state index in [9.17, 15) is 9.59 Å². The zero-order valence-corrected chi connectivity index (χ0v) is 18.1. The van der Waals surface area contributed by atoms with Gasteiger partial charge in [0.25, 0.3) is 0 Å². The van der Waals surface area contributed by atoms with Gasteiger partial charge in [0.05, 0.1) is 27.1 Å². The van der Waals surface area contributed by atoms with Gasteiger partial charge in [0.2, 0.25) is 0 Å². The Bertz CT molecular complexity index is 1190. The standard InChI is InChI=1S/C28H24O4/c1-31-27(29)15-19-5-3-7-22(13-19)24-11-9-21-10-12-25(18-26(21)17-24)23-8-4-6-20(14-23)16-28(30)32-2/h3-14,17-18H,15-16H2,1-2H3. The third kappa shape index (κ3) is 4.86. The smallest absolute Gasteiger partial charge is 0.309 e. The van der Waals surface area contributed by atoms with Crippen molar-refractivity contribution in [2.24, 2.45) is 0 Å². The predicted molar refractivity (Wildman–Crippen MR) is 126 cm³/mol. The second-order valence-corrected chi connectivity index (χ2v) is 7.68. The summed E-state index contributed by atoms with van der Waals surface area (Å²) in [6, 6.07) is 28.6. The van der Waals surface area contributed by atoms with Crippen LogP contribution in [0.1, 0.15) is 11.1 Å². The molecule has 0 aliphatic rings. The minimum absolute atomic E-state index is 0.250. The number of rotatable bonds is 6. The summed E-state index contributed by atoms with van der Waals surface area (Å²) < 4.78 is 9.57. The molecule has 0 aliphatic carbocycles. The zero-order chi connectivity index (χ0) is 22.5. The van der Waals surface area contributed by atoms with Crippen LogP contribution in [0.2, 0.25) is 0 Å². The second-order valence-electron chi connectivity index (χ2n) is 7.68. The number of benzene rings is 4. The normalized spacial score (nSPS) is 10.7. The lowest BCUT2D eigenvalue weighted by atomic mass is 9.96. The average Bonchev–Trinajstić information content (AvgIpc) is 2.83. The third-order valence-corrected chi connectivity index (χ3v) is 5.51. The van der Waals surface area contributed by atoms with Crippen molar-refractivity contribution in [3.05, 3.63) is 96.1 Å². The fraction of sp³-hybridized carbons (Fsp3) is 0.143. The van der Waals surface area contributed by atoms with Crippen LogP contribution in [0.4, 0.5) is 0 Å². The first kappa shape index (κ1) is 21.3. The van der Waals surface area contributed by atoms with Crippen molar-refractivity contribution < 1.29 is 19.1 Å². The summed E-state index contributed by atoms with van der Waals surface area (Å²) in [5, 5.41) is 2.27. The monoisotopic (exact) mass is 424 g/mol. The fourth-order valence-electron chi connectivity index (χ4n) is 3.81. The lowest BCUT2D eigenvalue weighted by molar-refractivity contribution is -0.140. The number of ether oxygens (including phenoxy) is 2. The van der Waals surface area contributed by atoms with Crippen molar-refractivity contribution in [3.8, 4) is 22.3 Å². The number of fused-ring (bicyclic) bond motifs is 1. The minimum Gasteiger partial charge on any atom is -0.469 e. The molecule has 0 unspecified atom stereocenters. The molecular weight excluding hydrogens is 400 g/mol.